The lowest BCUT2D eigenvalue weighted by Gasteiger charge is -2.26. The molecule has 1 N–H and O–H groups in total. The van der Waals surface area contributed by atoms with Crippen LogP contribution in [0.4, 0.5) is 13.2 Å². The zero-order valence-electron chi connectivity index (χ0n) is 20.5. The maximum absolute atomic E-state index is 13.5. The van der Waals surface area contributed by atoms with Gasteiger partial charge in [-0.2, -0.15) is 18.4 Å². The first kappa shape index (κ1) is 27.5. The molecule has 0 radical (unpaired) electrons. The Hall–Kier alpha value is -3.53. The van der Waals surface area contributed by atoms with Crippen LogP contribution in [0.5, 0.6) is 17.2 Å². The topological polar surface area (TPSA) is 96.2 Å². The van der Waals surface area contributed by atoms with Crippen LogP contribution in [0, 0.1) is 11.3 Å². The molecule has 2 heterocycles. The molecule has 0 atom stereocenters. The normalized spacial score (nSPS) is 18.4. The average molecular weight is 547 g/mol. The minimum atomic E-state index is -4.71. The van der Waals surface area contributed by atoms with Crippen molar-refractivity contribution < 1.29 is 32.2 Å². The van der Waals surface area contributed by atoms with E-state index in [1.807, 2.05) is 0 Å². The van der Waals surface area contributed by atoms with Gasteiger partial charge in [0.15, 0.2) is 16.7 Å². The SMILES string of the molecule is COc1cc(/C=C2\SC(=NCCCN3CCOCC3)NC2=O)ccc1Oc1ccc(C#N)cc1C(F)(F)F. The molecule has 2 aromatic rings. The summed E-state index contributed by atoms with van der Waals surface area (Å²) in [5.41, 5.74) is -0.608. The number of carbonyl (C=O) groups excluding carboxylic acids is 1. The van der Waals surface area contributed by atoms with Gasteiger partial charge in [-0.05, 0) is 60.2 Å². The molecule has 0 saturated carbocycles. The van der Waals surface area contributed by atoms with E-state index >= 15 is 0 Å². The number of thioether (sulfide) groups is 1. The molecule has 0 unspecified atom stereocenters. The van der Waals surface area contributed by atoms with Crippen LogP contribution in [0.25, 0.3) is 6.08 Å². The highest BCUT2D eigenvalue weighted by Crippen LogP contribution is 2.41. The third-order valence-corrected chi connectivity index (χ3v) is 6.71. The summed E-state index contributed by atoms with van der Waals surface area (Å²) >= 11 is 1.22. The van der Waals surface area contributed by atoms with Crippen molar-refractivity contribution in [3.05, 3.63) is 58.0 Å². The molecule has 2 aromatic carbocycles. The highest BCUT2D eigenvalue weighted by atomic mass is 32.2. The molecule has 0 bridgehead atoms. The maximum Gasteiger partial charge on any atom is 0.420 e. The first-order chi connectivity index (χ1) is 18.3. The highest BCUT2D eigenvalue weighted by molar-refractivity contribution is 8.18. The molecule has 0 aromatic heterocycles. The second kappa shape index (κ2) is 12.3. The van der Waals surface area contributed by atoms with Crippen molar-refractivity contribution in [1.29, 1.82) is 5.26 Å². The second-order valence-electron chi connectivity index (χ2n) is 8.39. The average Bonchev–Trinajstić information content (AvgIpc) is 3.26. The van der Waals surface area contributed by atoms with Gasteiger partial charge in [0, 0.05) is 26.2 Å². The monoisotopic (exact) mass is 546 g/mol. The van der Waals surface area contributed by atoms with Gasteiger partial charge in [0.05, 0.1) is 42.4 Å². The molecule has 4 rings (SSSR count). The summed E-state index contributed by atoms with van der Waals surface area (Å²) in [6.45, 7) is 4.83. The smallest absolute Gasteiger partial charge is 0.420 e. The van der Waals surface area contributed by atoms with E-state index in [1.165, 1.54) is 31.0 Å². The van der Waals surface area contributed by atoms with Crippen molar-refractivity contribution in [2.24, 2.45) is 4.99 Å². The van der Waals surface area contributed by atoms with E-state index in [2.05, 4.69) is 15.2 Å². The third kappa shape index (κ3) is 7.06. The lowest BCUT2D eigenvalue weighted by molar-refractivity contribution is -0.138. The largest absolute Gasteiger partial charge is 0.493 e. The number of benzene rings is 2. The molecule has 1 amide bonds. The van der Waals surface area contributed by atoms with Crippen molar-refractivity contribution in [3.8, 4) is 23.3 Å². The van der Waals surface area contributed by atoms with Gasteiger partial charge in [0.25, 0.3) is 5.91 Å². The van der Waals surface area contributed by atoms with E-state index in [9.17, 15) is 18.0 Å². The van der Waals surface area contributed by atoms with Gasteiger partial charge in [-0.3, -0.25) is 14.7 Å². The van der Waals surface area contributed by atoms with Gasteiger partial charge < -0.3 is 19.5 Å². The Balaban J connectivity index is 1.44. The van der Waals surface area contributed by atoms with Crippen LogP contribution in [-0.2, 0) is 15.7 Å². The summed E-state index contributed by atoms with van der Waals surface area (Å²) in [6, 6.07) is 9.39. The van der Waals surface area contributed by atoms with E-state index in [1.54, 1.807) is 24.3 Å². The fraction of sp³-hybridized carbons (Fsp3) is 0.346. The molecule has 2 saturated heterocycles. The van der Waals surface area contributed by atoms with Crippen LogP contribution < -0.4 is 14.8 Å². The summed E-state index contributed by atoms with van der Waals surface area (Å²) in [5, 5.41) is 12.2. The van der Waals surface area contributed by atoms with Gasteiger partial charge >= 0.3 is 6.18 Å². The van der Waals surface area contributed by atoms with Crippen molar-refractivity contribution >= 4 is 28.9 Å². The fourth-order valence-corrected chi connectivity index (χ4v) is 4.69. The first-order valence-corrected chi connectivity index (χ1v) is 12.6. The number of amidine groups is 1. The maximum atomic E-state index is 13.5. The second-order valence-corrected chi connectivity index (χ2v) is 9.42. The van der Waals surface area contributed by atoms with E-state index in [-0.39, 0.29) is 23.0 Å². The Morgan fingerprint density at radius 1 is 1.18 bits per heavy atom. The van der Waals surface area contributed by atoms with Gasteiger partial charge in [-0.15, -0.1) is 0 Å². The van der Waals surface area contributed by atoms with Crippen LogP contribution in [0.1, 0.15) is 23.1 Å². The third-order valence-electron chi connectivity index (χ3n) is 5.76. The lowest BCUT2D eigenvalue weighted by atomic mass is 10.1. The highest BCUT2D eigenvalue weighted by Gasteiger charge is 2.35. The number of carbonyl (C=O) groups is 1. The summed E-state index contributed by atoms with van der Waals surface area (Å²) in [4.78, 5) is 19.7. The van der Waals surface area contributed by atoms with Crippen molar-refractivity contribution in [1.82, 2.24) is 10.2 Å². The van der Waals surface area contributed by atoms with Gasteiger partial charge in [0.2, 0.25) is 0 Å². The van der Waals surface area contributed by atoms with E-state index in [0.29, 0.717) is 22.2 Å². The Morgan fingerprint density at radius 3 is 2.66 bits per heavy atom. The van der Waals surface area contributed by atoms with Gasteiger partial charge in [0.1, 0.15) is 5.75 Å². The standard InChI is InChI=1S/C26H25F3N4O4S/c1-35-22-14-17(3-6-21(22)37-20-5-4-18(16-30)13-19(20)26(27,28)29)15-23-24(34)32-25(38-23)31-7-2-8-33-9-11-36-12-10-33/h3-6,13-15H,2,7-12H2,1H3,(H,31,32,34)/b23-15-. The number of methoxy groups -OCH3 is 1. The minimum absolute atomic E-state index is 0.0518. The van der Waals surface area contributed by atoms with Crippen LogP contribution >= 0.6 is 11.8 Å². The Morgan fingerprint density at radius 2 is 1.95 bits per heavy atom. The number of nitriles is 1. The number of nitrogens with one attached hydrogen (secondary N) is 1. The van der Waals surface area contributed by atoms with Crippen molar-refractivity contribution in [3.63, 3.8) is 0 Å². The van der Waals surface area contributed by atoms with Crippen molar-refractivity contribution in [2.75, 3.05) is 46.5 Å². The molecule has 2 aliphatic heterocycles. The number of ether oxygens (including phenoxy) is 3. The fourth-order valence-electron chi connectivity index (χ4n) is 3.84. The predicted octanol–water partition coefficient (Wildman–Crippen LogP) is 4.66. The van der Waals surface area contributed by atoms with Crippen LogP contribution in [0.15, 0.2) is 46.3 Å². The Bertz CT molecular complexity index is 1280. The molecule has 0 aliphatic carbocycles. The summed E-state index contributed by atoms with van der Waals surface area (Å²) < 4.78 is 56.7. The molecule has 2 aliphatic rings. The van der Waals surface area contributed by atoms with Crippen LogP contribution in [0.3, 0.4) is 0 Å². The van der Waals surface area contributed by atoms with Crippen LogP contribution in [0.2, 0.25) is 0 Å². The number of hydrogen-bond donors (Lipinski definition) is 1. The number of rotatable bonds is 8. The van der Waals surface area contributed by atoms with Gasteiger partial charge in [-0.25, -0.2) is 0 Å². The number of alkyl halides is 3. The quantitative estimate of drug-likeness (QED) is 0.380. The first-order valence-electron chi connectivity index (χ1n) is 11.8. The summed E-state index contributed by atoms with van der Waals surface area (Å²) in [7, 11) is 1.36. The Kier molecular flexibility index (Phi) is 8.93. The molecule has 8 nitrogen and oxygen atoms in total. The molecular formula is C26H25F3N4O4S. The van der Waals surface area contributed by atoms with E-state index < -0.39 is 17.5 Å². The zero-order chi connectivity index (χ0) is 27.1. The number of nitrogens with zero attached hydrogens (tertiary/aromatic N) is 3. The van der Waals surface area contributed by atoms with Crippen LogP contribution in [-0.4, -0.2) is 62.5 Å². The molecule has 2 fully saturated rings. The zero-order valence-corrected chi connectivity index (χ0v) is 21.3. The Labute approximate surface area is 222 Å². The van der Waals surface area contributed by atoms with E-state index in [4.69, 9.17) is 19.5 Å². The van der Waals surface area contributed by atoms with Crippen molar-refractivity contribution in [2.45, 2.75) is 12.6 Å². The number of hydrogen-bond acceptors (Lipinski definition) is 8. The molecular weight excluding hydrogens is 521 g/mol. The number of morpholine rings is 1. The minimum Gasteiger partial charge on any atom is -0.493 e. The lowest BCUT2D eigenvalue weighted by Crippen LogP contribution is -2.37. The molecule has 12 heteroatoms. The molecule has 200 valence electrons. The van der Waals surface area contributed by atoms with Gasteiger partial charge in [-0.1, -0.05) is 6.07 Å². The number of halogens is 3. The molecule has 38 heavy (non-hydrogen) atoms. The molecule has 0 spiro atoms. The predicted molar refractivity (Wildman–Crippen MR) is 137 cm³/mol. The number of amides is 1. The summed E-state index contributed by atoms with van der Waals surface area (Å²) in [5.74, 6) is -0.511. The summed E-state index contributed by atoms with van der Waals surface area (Å²) in [6.07, 6.45) is -2.20. The van der Waals surface area contributed by atoms with E-state index in [0.717, 1.165) is 51.4 Å². The number of aliphatic imine (C=N–C) groups is 1.